The van der Waals surface area contributed by atoms with Crippen LogP contribution < -0.4 is 15.0 Å². The number of nitrogens with zero attached hydrogens (tertiary/aromatic N) is 3. The highest BCUT2D eigenvalue weighted by Crippen LogP contribution is 2.40. The molecule has 0 radical (unpaired) electrons. The van der Waals surface area contributed by atoms with Crippen LogP contribution in [-0.2, 0) is 10.0 Å². The summed E-state index contributed by atoms with van der Waals surface area (Å²) in [5.41, 5.74) is 4.80. The van der Waals surface area contributed by atoms with Crippen molar-refractivity contribution in [2.75, 3.05) is 9.91 Å². The van der Waals surface area contributed by atoms with Gasteiger partial charge in [-0.2, -0.15) is 5.10 Å². The fraction of sp³-hybridized carbons (Fsp3) is 0.0606. The largest absolute Gasteiger partial charge is 0.268 e. The van der Waals surface area contributed by atoms with Crippen molar-refractivity contribution in [3.8, 4) is 0 Å². The molecule has 0 aromatic heterocycles. The first-order valence-electron chi connectivity index (χ1n) is 13.4. The van der Waals surface area contributed by atoms with Crippen LogP contribution in [0.25, 0.3) is 10.8 Å². The van der Waals surface area contributed by atoms with E-state index in [0.717, 1.165) is 22.2 Å². The summed E-state index contributed by atoms with van der Waals surface area (Å²) >= 11 is 0. The Morgan fingerprint density at radius 2 is 1.29 bits per heavy atom. The quantitative estimate of drug-likeness (QED) is 0.274. The molecule has 0 spiro atoms. The zero-order valence-electron chi connectivity index (χ0n) is 22.2. The fourth-order valence-corrected chi connectivity index (χ4v) is 6.31. The molecule has 1 atom stereocenters. The van der Waals surface area contributed by atoms with Crippen molar-refractivity contribution in [1.82, 2.24) is 0 Å². The fourth-order valence-electron chi connectivity index (χ4n) is 5.79. The van der Waals surface area contributed by atoms with Crippen molar-refractivity contribution in [2.45, 2.75) is 17.4 Å². The summed E-state index contributed by atoms with van der Waals surface area (Å²) in [5.74, 6) is -0.734. The Hall–Kier alpha value is -5.12. The van der Waals surface area contributed by atoms with Crippen LogP contribution in [-0.4, -0.2) is 25.9 Å². The highest BCUT2D eigenvalue weighted by atomic mass is 32.2. The maximum atomic E-state index is 13.6. The first-order valence-corrected chi connectivity index (χ1v) is 14.9. The molecule has 5 aromatic rings. The minimum Gasteiger partial charge on any atom is -0.268 e. The highest BCUT2D eigenvalue weighted by molar-refractivity contribution is 7.89. The molecule has 206 valence electrons. The van der Waals surface area contributed by atoms with E-state index in [1.807, 2.05) is 59.6 Å². The number of benzene rings is 5. The smallest absolute Gasteiger partial charge is 0.265 e. The monoisotopic (exact) mass is 572 g/mol. The predicted molar refractivity (Wildman–Crippen MR) is 162 cm³/mol. The second kappa shape index (κ2) is 9.76. The normalized spacial score (nSPS) is 16.7. The zero-order chi connectivity index (χ0) is 29.0. The molecular weight excluding hydrogens is 548 g/mol. The van der Waals surface area contributed by atoms with Gasteiger partial charge >= 0.3 is 0 Å². The van der Waals surface area contributed by atoms with E-state index in [1.165, 1.54) is 17.0 Å². The number of sulfonamides is 1. The minimum atomic E-state index is -3.84. The maximum Gasteiger partial charge on any atom is 0.265 e. The number of imide groups is 1. The molecule has 8 nitrogen and oxygen atoms in total. The van der Waals surface area contributed by atoms with Gasteiger partial charge in [0.25, 0.3) is 11.8 Å². The molecule has 2 aliphatic rings. The van der Waals surface area contributed by atoms with Gasteiger partial charge in [-0.05, 0) is 59.5 Å². The van der Waals surface area contributed by atoms with Gasteiger partial charge in [-0.1, -0.05) is 66.7 Å². The number of hydrogen-bond donors (Lipinski definition) is 1. The SMILES string of the molecule is NS(=O)(=O)c1ccc(N2N=C(c3ccc4c5c(cccc35)C(=O)N(c3ccccc3)C4=O)CC2c2ccccc2)cc1. The molecule has 0 bridgehead atoms. The number of primary sulfonamides is 1. The Kier molecular flexibility index (Phi) is 6.00. The lowest BCUT2D eigenvalue weighted by Gasteiger charge is -2.27. The molecular formula is C33H24N4O4S. The van der Waals surface area contributed by atoms with Gasteiger partial charge in [0.15, 0.2) is 0 Å². The summed E-state index contributed by atoms with van der Waals surface area (Å²) in [5, 5.41) is 13.6. The van der Waals surface area contributed by atoms with Crippen LogP contribution >= 0.6 is 0 Å². The van der Waals surface area contributed by atoms with E-state index >= 15 is 0 Å². The van der Waals surface area contributed by atoms with Crippen LogP contribution in [0, 0.1) is 0 Å². The van der Waals surface area contributed by atoms with Crippen LogP contribution in [0.1, 0.15) is 44.3 Å². The Labute approximate surface area is 242 Å². The third kappa shape index (κ3) is 4.18. The van der Waals surface area contributed by atoms with E-state index < -0.39 is 10.0 Å². The van der Waals surface area contributed by atoms with Gasteiger partial charge in [0.2, 0.25) is 10.0 Å². The van der Waals surface area contributed by atoms with Gasteiger partial charge in [0.05, 0.1) is 28.0 Å². The molecule has 7 rings (SSSR count). The third-order valence-corrected chi connectivity index (χ3v) is 8.69. The number of hydrogen-bond acceptors (Lipinski definition) is 6. The minimum absolute atomic E-state index is 0.0216. The van der Waals surface area contributed by atoms with Crippen molar-refractivity contribution in [3.05, 3.63) is 138 Å². The summed E-state index contributed by atoms with van der Waals surface area (Å²) in [6, 6.07) is 34.2. The summed E-state index contributed by atoms with van der Waals surface area (Å²) < 4.78 is 23.7. The maximum absolute atomic E-state index is 13.6. The van der Waals surface area contributed by atoms with E-state index in [4.69, 9.17) is 10.2 Å². The molecule has 1 unspecified atom stereocenters. The third-order valence-electron chi connectivity index (χ3n) is 7.76. The summed E-state index contributed by atoms with van der Waals surface area (Å²) in [6.45, 7) is 0. The molecule has 2 N–H and O–H groups in total. The molecule has 2 aliphatic heterocycles. The van der Waals surface area contributed by atoms with Gasteiger partial charge in [-0.3, -0.25) is 14.6 Å². The van der Waals surface area contributed by atoms with Crippen molar-refractivity contribution in [2.24, 2.45) is 10.2 Å². The Bertz CT molecular complexity index is 2000. The zero-order valence-corrected chi connectivity index (χ0v) is 23.0. The van der Waals surface area contributed by atoms with Crippen LogP contribution in [0.3, 0.4) is 0 Å². The van der Waals surface area contributed by atoms with E-state index in [1.54, 1.807) is 48.5 Å². The summed E-state index contributed by atoms with van der Waals surface area (Å²) in [7, 11) is -3.84. The van der Waals surface area contributed by atoms with E-state index in [9.17, 15) is 18.0 Å². The van der Waals surface area contributed by atoms with E-state index in [-0.39, 0.29) is 22.8 Å². The Balaban J connectivity index is 1.35. The lowest BCUT2D eigenvalue weighted by molar-refractivity contribution is 0.0893. The van der Waals surface area contributed by atoms with Crippen LogP contribution in [0.4, 0.5) is 11.4 Å². The molecule has 2 amide bonds. The number of nitrogens with two attached hydrogens (primary N) is 1. The average molecular weight is 573 g/mol. The van der Waals surface area contributed by atoms with Crippen LogP contribution in [0.5, 0.6) is 0 Å². The lowest BCUT2D eigenvalue weighted by Crippen LogP contribution is -2.40. The predicted octanol–water partition coefficient (Wildman–Crippen LogP) is 5.64. The molecule has 0 aliphatic carbocycles. The summed E-state index contributed by atoms with van der Waals surface area (Å²) in [4.78, 5) is 28.5. The number of para-hydroxylation sites is 1. The van der Waals surface area contributed by atoms with E-state index in [2.05, 4.69) is 0 Å². The number of anilines is 2. The number of carbonyl (C=O) groups excluding carboxylic acids is 2. The molecule has 0 saturated heterocycles. The average Bonchev–Trinajstić information content (AvgIpc) is 3.46. The first-order chi connectivity index (χ1) is 20.3. The first kappa shape index (κ1) is 25.8. The standard InChI is InChI=1S/C33H24N4O4S/c34-42(40,41)24-16-14-23(15-17-24)37-30(21-8-3-1-4-9-21)20-29(35-37)25-18-19-28-31-26(25)12-7-13-27(31)32(38)36(33(28)39)22-10-5-2-6-11-22/h1-19,30H,20H2,(H2,34,40,41). The van der Waals surface area contributed by atoms with Crippen molar-refractivity contribution in [1.29, 1.82) is 0 Å². The van der Waals surface area contributed by atoms with Gasteiger partial charge in [0, 0.05) is 28.5 Å². The number of carbonyl (C=O) groups is 2. The Morgan fingerprint density at radius 3 is 1.95 bits per heavy atom. The van der Waals surface area contributed by atoms with Crippen molar-refractivity contribution in [3.63, 3.8) is 0 Å². The highest BCUT2D eigenvalue weighted by Gasteiger charge is 2.36. The van der Waals surface area contributed by atoms with Crippen LogP contribution in [0.2, 0.25) is 0 Å². The number of rotatable bonds is 5. The second-order valence-corrected chi connectivity index (χ2v) is 11.8. The molecule has 42 heavy (non-hydrogen) atoms. The van der Waals surface area contributed by atoms with E-state index in [0.29, 0.717) is 34.3 Å². The summed E-state index contributed by atoms with van der Waals surface area (Å²) in [6.07, 6.45) is 0.553. The molecule has 0 fully saturated rings. The number of hydrazone groups is 1. The molecule has 9 heteroatoms. The van der Waals surface area contributed by atoms with Gasteiger partial charge < -0.3 is 0 Å². The van der Waals surface area contributed by atoms with Crippen LogP contribution in [0.15, 0.2) is 125 Å². The van der Waals surface area contributed by atoms with Gasteiger partial charge in [-0.25, -0.2) is 18.5 Å². The lowest BCUT2D eigenvalue weighted by atomic mass is 9.88. The van der Waals surface area contributed by atoms with Gasteiger partial charge in [0.1, 0.15) is 0 Å². The Morgan fingerprint density at radius 1 is 0.667 bits per heavy atom. The second-order valence-electron chi connectivity index (χ2n) is 10.2. The van der Waals surface area contributed by atoms with Crippen molar-refractivity contribution < 1.29 is 18.0 Å². The molecule has 0 saturated carbocycles. The topological polar surface area (TPSA) is 113 Å². The molecule has 5 aromatic carbocycles. The number of amides is 2. The van der Waals surface area contributed by atoms with Gasteiger partial charge in [-0.15, -0.1) is 0 Å². The van der Waals surface area contributed by atoms with Crippen molar-refractivity contribution >= 4 is 49.7 Å². The molecule has 2 heterocycles.